The van der Waals surface area contributed by atoms with Gasteiger partial charge in [-0.3, -0.25) is 14.5 Å². The van der Waals surface area contributed by atoms with Crippen LogP contribution < -0.4 is 4.90 Å². The molecule has 7 nitrogen and oxygen atoms in total. The lowest BCUT2D eigenvalue weighted by atomic mass is 10.2. The first-order valence-electron chi connectivity index (χ1n) is 9.29. The Morgan fingerprint density at radius 3 is 2.24 bits per heavy atom. The van der Waals surface area contributed by atoms with Gasteiger partial charge in [-0.1, -0.05) is 35.9 Å². The van der Waals surface area contributed by atoms with Crippen LogP contribution in [0.25, 0.3) is 0 Å². The minimum Gasteiger partial charge on any atom is -0.289 e. The van der Waals surface area contributed by atoms with Gasteiger partial charge in [-0.05, 0) is 30.3 Å². The summed E-state index contributed by atoms with van der Waals surface area (Å²) in [7, 11) is -3.56. The number of benzene rings is 2. The fourth-order valence-corrected chi connectivity index (χ4v) is 5.41. The van der Waals surface area contributed by atoms with Crippen molar-refractivity contribution < 1.29 is 18.0 Å². The molecular formula is C20H20ClN3O4S. The summed E-state index contributed by atoms with van der Waals surface area (Å²) in [6.07, 6.45) is 0.0801. The number of hydrogen-bond donors (Lipinski definition) is 0. The zero-order chi connectivity index (χ0) is 20.6. The van der Waals surface area contributed by atoms with Gasteiger partial charge in [0.2, 0.25) is 15.9 Å². The molecular weight excluding hydrogens is 414 g/mol. The molecule has 0 spiro atoms. The van der Waals surface area contributed by atoms with Gasteiger partial charge in [0.05, 0.1) is 23.0 Å². The number of carbonyl (C=O) groups excluding carboxylic acids is 2. The molecule has 9 heteroatoms. The molecule has 0 bridgehead atoms. The molecule has 152 valence electrons. The summed E-state index contributed by atoms with van der Waals surface area (Å²) in [5.41, 5.74) is 0.459. The van der Waals surface area contributed by atoms with Gasteiger partial charge < -0.3 is 0 Å². The number of imide groups is 1. The summed E-state index contributed by atoms with van der Waals surface area (Å²) in [6.45, 7) is 1.32. The predicted molar refractivity (Wildman–Crippen MR) is 109 cm³/mol. The molecule has 1 atom stereocenters. The highest BCUT2D eigenvalue weighted by Crippen LogP contribution is 2.28. The Labute approximate surface area is 174 Å². The van der Waals surface area contributed by atoms with Crippen molar-refractivity contribution >= 4 is 39.1 Å². The molecule has 29 heavy (non-hydrogen) atoms. The fourth-order valence-electron chi connectivity index (χ4n) is 3.78. The lowest BCUT2D eigenvalue weighted by Gasteiger charge is -2.36. The van der Waals surface area contributed by atoms with Crippen LogP contribution in [0.3, 0.4) is 0 Å². The van der Waals surface area contributed by atoms with Crippen molar-refractivity contribution in [3.63, 3.8) is 0 Å². The third-order valence-electron chi connectivity index (χ3n) is 5.28. The Hall–Kier alpha value is -2.26. The van der Waals surface area contributed by atoms with Crippen LogP contribution >= 0.6 is 11.6 Å². The van der Waals surface area contributed by atoms with Crippen molar-refractivity contribution in [2.24, 2.45) is 0 Å². The number of halogens is 1. The van der Waals surface area contributed by atoms with Crippen LogP contribution in [0.15, 0.2) is 59.5 Å². The maximum Gasteiger partial charge on any atom is 0.251 e. The molecule has 2 saturated heterocycles. The number of sulfonamides is 1. The molecule has 2 aromatic rings. The molecule has 0 aliphatic carbocycles. The fraction of sp³-hybridized carbons (Fsp3) is 0.300. The van der Waals surface area contributed by atoms with Gasteiger partial charge in [0.15, 0.2) is 0 Å². The van der Waals surface area contributed by atoms with Crippen LogP contribution in [-0.2, 0) is 19.6 Å². The monoisotopic (exact) mass is 433 g/mol. The van der Waals surface area contributed by atoms with Gasteiger partial charge >= 0.3 is 0 Å². The number of anilines is 1. The quantitative estimate of drug-likeness (QED) is 0.689. The average molecular weight is 434 g/mol. The molecule has 0 N–H and O–H groups in total. The molecule has 2 fully saturated rings. The molecule has 2 aliphatic heterocycles. The van der Waals surface area contributed by atoms with Gasteiger partial charge in [-0.25, -0.2) is 13.3 Å². The average Bonchev–Trinajstić information content (AvgIpc) is 3.03. The predicted octanol–water partition coefficient (Wildman–Crippen LogP) is 1.98. The number of carbonyl (C=O) groups is 2. The second kappa shape index (κ2) is 7.87. The van der Waals surface area contributed by atoms with Crippen molar-refractivity contribution in [2.45, 2.75) is 17.4 Å². The number of rotatable bonds is 4. The third kappa shape index (κ3) is 3.81. The van der Waals surface area contributed by atoms with Crippen LogP contribution in [0.2, 0.25) is 5.02 Å². The van der Waals surface area contributed by atoms with Gasteiger partial charge in [-0.15, -0.1) is 0 Å². The van der Waals surface area contributed by atoms with E-state index in [1.165, 1.54) is 9.21 Å². The molecule has 0 unspecified atom stereocenters. The van der Waals surface area contributed by atoms with E-state index in [1.54, 1.807) is 54.6 Å². The molecule has 0 radical (unpaired) electrons. The lowest BCUT2D eigenvalue weighted by molar-refractivity contribution is -0.123. The summed E-state index contributed by atoms with van der Waals surface area (Å²) in [5, 5.41) is 0.450. The SMILES string of the molecule is O=C1C[C@@H](N2CCN(S(=O)(=O)c3ccccc3)CC2)C(=O)N1c1cccc(Cl)c1. The van der Waals surface area contributed by atoms with Crippen molar-refractivity contribution in [1.29, 1.82) is 0 Å². The van der Waals surface area contributed by atoms with E-state index in [0.29, 0.717) is 23.8 Å². The van der Waals surface area contributed by atoms with E-state index in [-0.39, 0.29) is 36.2 Å². The van der Waals surface area contributed by atoms with E-state index in [4.69, 9.17) is 11.6 Å². The largest absolute Gasteiger partial charge is 0.289 e. The minimum absolute atomic E-state index is 0.0801. The van der Waals surface area contributed by atoms with Crippen LogP contribution in [0.5, 0.6) is 0 Å². The van der Waals surface area contributed by atoms with Gasteiger partial charge in [0, 0.05) is 31.2 Å². The third-order valence-corrected chi connectivity index (χ3v) is 7.43. The van der Waals surface area contributed by atoms with Gasteiger partial charge in [-0.2, -0.15) is 4.31 Å². The number of nitrogens with zero attached hydrogens (tertiary/aromatic N) is 3. The zero-order valence-corrected chi connectivity index (χ0v) is 17.1. The maximum absolute atomic E-state index is 12.9. The molecule has 2 heterocycles. The van der Waals surface area contributed by atoms with Crippen molar-refractivity contribution in [3.05, 3.63) is 59.6 Å². The molecule has 0 aromatic heterocycles. The summed E-state index contributed by atoms with van der Waals surface area (Å²) in [4.78, 5) is 28.7. The zero-order valence-electron chi connectivity index (χ0n) is 15.6. The van der Waals surface area contributed by atoms with E-state index < -0.39 is 16.1 Å². The topological polar surface area (TPSA) is 78.0 Å². The van der Waals surface area contributed by atoms with Crippen LogP contribution in [0.4, 0.5) is 5.69 Å². The number of piperazine rings is 1. The Morgan fingerprint density at radius 1 is 0.897 bits per heavy atom. The van der Waals surface area contributed by atoms with E-state index in [2.05, 4.69) is 0 Å². The second-order valence-corrected chi connectivity index (χ2v) is 9.39. The Bertz CT molecular complexity index is 1040. The highest BCUT2D eigenvalue weighted by Gasteiger charge is 2.44. The van der Waals surface area contributed by atoms with Crippen molar-refractivity contribution in [2.75, 3.05) is 31.1 Å². The molecule has 2 aliphatic rings. The van der Waals surface area contributed by atoms with Gasteiger partial charge in [0.1, 0.15) is 0 Å². The minimum atomic E-state index is -3.56. The Balaban J connectivity index is 1.45. The molecule has 2 amide bonds. The van der Waals surface area contributed by atoms with Gasteiger partial charge in [0.25, 0.3) is 5.91 Å². The maximum atomic E-state index is 12.9. The first-order chi connectivity index (χ1) is 13.9. The molecule has 2 aromatic carbocycles. The molecule has 0 saturated carbocycles. The summed E-state index contributed by atoms with van der Waals surface area (Å²) < 4.78 is 27.0. The number of hydrogen-bond acceptors (Lipinski definition) is 5. The highest BCUT2D eigenvalue weighted by atomic mass is 35.5. The normalized spacial score (nSPS) is 21.7. The summed E-state index contributed by atoms with van der Waals surface area (Å²) in [5.74, 6) is -0.571. The van der Waals surface area contributed by atoms with Crippen molar-refractivity contribution in [3.8, 4) is 0 Å². The summed E-state index contributed by atoms with van der Waals surface area (Å²) >= 11 is 5.99. The van der Waals surface area contributed by atoms with E-state index >= 15 is 0 Å². The Kier molecular flexibility index (Phi) is 5.44. The van der Waals surface area contributed by atoms with E-state index in [1.807, 2.05) is 4.90 Å². The highest BCUT2D eigenvalue weighted by molar-refractivity contribution is 7.89. The van der Waals surface area contributed by atoms with Crippen molar-refractivity contribution in [1.82, 2.24) is 9.21 Å². The lowest BCUT2D eigenvalue weighted by Crippen LogP contribution is -2.53. The smallest absolute Gasteiger partial charge is 0.251 e. The standard InChI is InChI=1S/C20H20ClN3O4S/c21-15-5-4-6-16(13-15)24-19(25)14-18(20(24)26)22-9-11-23(12-10-22)29(27,28)17-7-2-1-3-8-17/h1-8,13,18H,9-12,14H2/t18-/m1/s1. The Morgan fingerprint density at radius 2 is 1.59 bits per heavy atom. The second-order valence-electron chi connectivity index (χ2n) is 7.02. The number of amides is 2. The van der Waals surface area contributed by atoms with Crippen LogP contribution in [0.1, 0.15) is 6.42 Å². The van der Waals surface area contributed by atoms with E-state index in [9.17, 15) is 18.0 Å². The first-order valence-corrected chi connectivity index (χ1v) is 11.1. The molecule has 4 rings (SSSR count). The first kappa shape index (κ1) is 20.0. The summed E-state index contributed by atoms with van der Waals surface area (Å²) in [6, 6.07) is 14.4. The van der Waals surface area contributed by atoms with Crippen LogP contribution in [-0.4, -0.2) is 61.7 Å². The van der Waals surface area contributed by atoms with E-state index in [0.717, 1.165) is 0 Å². The van der Waals surface area contributed by atoms with Crippen LogP contribution in [0, 0.1) is 0 Å².